The minimum Gasteiger partial charge on any atom is -0.484 e. The molecule has 0 aliphatic heterocycles. The third kappa shape index (κ3) is 5.61. The molecule has 32 heavy (non-hydrogen) atoms. The highest BCUT2D eigenvalue weighted by Gasteiger charge is 2.27. The molecule has 1 aromatic heterocycles. The molecule has 1 heterocycles. The van der Waals surface area contributed by atoms with Crippen molar-refractivity contribution >= 4 is 45.9 Å². The zero-order valence-corrected chi connectivity index (χ0v) is 18.7. The van der Waals surface area contributed by atoms with Gasteiger partial charge in [0.15, 0.2) is 18.2 Å². The summed E-state index contributed by atoms with van der Waals surface area (Å²) in [6.45, 7) is -0.198. The van der Waals surface area contributed by atoms with Gasteiger partial charge >= 0.3 is 0 Å². The Balaban J connectivity index is 1.20. The highest BCUT2D eigenvalue weighted by Crippen LogP contribution is 2.31. The molecule has 3 aromatic rings. The molecule has 1 aliphatic rings. The van der Waals surface area contributed by atoms with Crippen molar-refractivity contribution in [1.82, 2.24) is 5.32 Å². The van der Waals surface area contributed by atoms with Crippen molar-refractivity contribution < 1.29 is 23.1 Å². The van der Waals surface area contributed by atoms with Crippen LogP contribution < -0.4 is 10.1 Å². The van der Waals surface area contributed by atoms with Crippen LogP contribution in [-0.2, 0) is 4.79 Å². The van der Waals surface area contributed by atoms with Crippen molar-refractivity contribution in [2.75, 3.05) is 6.61 Å². The van der Waals surface area contributed by atoms with E-state index in [-0.39, 0.29) is 35.1 Å². The van der Waals surface area contributed by atoms with Gasteiger partial charge in [-0.2, -0.15) is 0 Å². The van der Waals surface area contributed by atoms with Gasteiger partial charge in [0.25, 0.3) is 5.91 Å². The number of carbonyl (C=O) groups is 2. The number of furan rings is 1. The second-order valence-electron chi connectivity index (χ2n) is 8.06. The van der Waals surface area contributed by atoms with Gasteiger partial charge in [-0.3, -0.25) is 9.59 Å². The lowest BCUT2D eigenvalue weighted by Crippen LogP contribution is -2.36. The van der Waals surface area contributed by atoms with Gasteiger partial charge in [0, 0.05) is 28.9 Å². The van der Waals surface area contributed by atoms with Crippen molar-refractivity contribution in [3.8, 4) is 5.75 Å². The van der Waals surface area contributed by atoms with Gasteiger partial charge < -0.3 is 14.5 Å². The van der Waals surface area contributed by atoms with Crippen molar-refractivity contribution in [2.24, 2.45) is 5.92 Å². The third-order valence-electron chi connectivity index (χ3n) is 5.70. The number of rotatable bonds is 8. The number of Topliss-reactive ketones (excluding diaryl/α,β-unsaturated/α-hetero) is 1. The number of carbonyl (C=O) groups excluding carboxylic acids is 2. The molecule has 168 valence electrons. The van der Waals surface area contributed by atoms with Gasteiger partial charge in [-0.15, -0.1) is 0 Å². The molecule has 8 heteroatoms. The molecular weight excluding hydrogens is 456 g/mol. The van der Waals surface area contributed by atoms with Crippen LogP contribution in [0.5, 0.6) is 5.75 Å². The van der Waals surface area contributed by atoms with Crippen LogP contribution in [0.15, 0.2) is 46.9 Å². The summed E-state index contributed by atoms with van der Waals surface area (Å²) in [4.78, 5) is 24.7. The molecule has 0 radical (unpaired) electrons. The molecule has 2 aromatic carbocycles. The number of ether oxygens (including phenoxy) is 1. The topological polar surface area (TPSA) is 68.5 Å². The summed E-state index contributed by atoms with van der Waals surface area (Å²) >= 11 is 11.6. The maximum absolute atomic E-state index is 13.4. The maximum Gasteiger partial charge on any atom is 0.258 e. The molecule has 0 spiro atoms. The van der Waals surface area contributed by atoms with Gasteiger partial charge in [0.1, 0.15) is 17.1 Å². The molecule has 2 unspecified atom stereocenters. The van der Waals surface area contributed by atoms with Crippen LogP contribution in [0.3, 0.4) is 0 Å². The normalized spacial score (nSPS) is 18.1. The van der Waals surface area contributed by atoms with E-state index < -0.39 is 5.82 Å². The highest BCUT2D eigenvalue weighted by atomic mass is 35.5. The first-order chi connectivity index (χ1) is 15.4. The van der Waals surface area contributed by atoms with Crippen LogP contribution in [0.2, 0.25) is 10.0 Å². The number of benzene rings is 2. The summed E-state index contributed by atoms with van der Waals surface area (Å²) in [5.41, 5.74) is 0.643. The average molecular weight is 478 g/mol. The zero-order valence-electron chi connectivity index (χ0n) is 17.2. The smallest absolute Gasteiger partial charge is 0.258 e. The number of hydrogen-bond acceptors (Lipinski definition) is 4. The van der Waals surface area contributed by atoms with Gasteiger partial charge in [-0.1, -0.05) is 23.2 Å². The molecular formula is C24H22Cl2FNO4. The average Bonchev–Trinajstić information content (AvgIpc) is 3.39. The second kappa shape index (κ2) is 9.92. The van der Waals surface area contributed by atoms with Crippen LogP contribution in [0, 0.1) is 11.7 Å². The zero-order chi connectivity index (χ0) is 22.7. The van der Waals surface area contributed by atoms with Crippen LogP contribution >= 0.6 is 23.2 Å². The van der Waals surface area contributed by atoms with E-state index >= 15 is 0 Å². The summed E-state index contributed by atoms with van der Waals surface area (Å²) in [5, 5.41) is 4.36. The van der Waals surface area contributed by atoms with Crippen LogP contribution in [-0.4, -0.2) is 24.3 Å². The lowest BCUT2D eigenvalue weighted by molar-refractivity contribution is -0.123. The maximum atomic E-state index is 13.4. The fraction of sp³-hybridized carbons (Fsp3) is 0.333. The summed E-state index contributed by atoms with van der Waals surface area (Å²) in [6.07, 6.45) is 3.73. The summed E-state index contributed by atoms with van der Waals surface area (Å²) in [5.74, 6) is 0.0635. The Morgan fingerprint density at radius 2 is 1.97 bits per heavy atom. The quantitative estimate of drug-likeness (QED) is 0.391. The molecule has 1 aliphatic carbocycles. The van der Waals surface area contributed by atoms with E-state index in [1.165, 1.54) is 12.1 Å². The Hall–Kier alpha value is -2.57. The molecule has 2 atom stereocenters. The summed E-state index contributed by atoms with van der Waals surface area (Å²) in [6, 6.07) is 11.1. The van der Waals surface area contributed by atoms with Gasteiger partial charge in [-0.05, 0) is 68.0 Å². The van der Waals surface area contributed by atoms with Crippen molar-refractivity contribution in [2.45, 2.75) is 38.1 Å². The Labute approximate surface area is 194 Å². The Morgan fingerprint density at radius 3 is 2.78 bits per heavy atom. The number of halogens is 3. The Kier molecular flexibility index (Phi) is 7.01. The van der Waals surface area contributed by atoms with Crippen LogP contribution in [0.25, 0.3) is 11.0 Å². The molecule has 1 N–H and O–H groups in total. The van der Waals surface area contributed by atoms with E-state index in [1.807, 2.05) is 0 Å². The minimum atomic E-state index is -0.593. The third-order valence-corrected chi connectivity index (χ3v) is 6.24. The number of hydrogen-bond donors (Lipinski definition) is 1. The molecule has 5 nitrogen and oxygen atoms in total. The number of amides is 1. The highest BCUT2D eigenvalue weighted by molar-refractivity contribution is 6.31. The first-order valence-corrected chi connectivity index (χ1v) is 11.2. The van der Waals surface area contributed by atoms with Crippen molar-refractivity contribution in [1.29, 1.82) is 0 Å². The van der Waals surface area contributed by atoms with Crippen molar-refractivity contribution in [3.05, 3.63) is 64.1 Å². The van der Waals surface area contributed by atoms with Gasteiger partial charge in [0.05, 0.1) is 5.02 Å². The number of nitrogens with one attached hydrogen (secondary N) is 1. The molecule has 1 fully saturated rings. The fourth-order valence-electron chi connectivity index (χ4n) is 4.06. The Morgan fingerprint density at radius 1 is 1.12 bits per heavy atom. The van der Waals surface area contributed by atoms with Crippen LogP contribution in [0.1, 0.15) is 42.7 Å². The fourth-order valence-corrected chi connectivity index (χ4v) is 4.36. The predicted molar refractivity (Wildman–Crippen MR) is 121 cm³/mol. The van der Waals surface area contributed by atoms with Gasteiger partial charge in [0.2, 0.25) is 0 Å². The van der Waals surface area contributed by atoms with Gasteiger partial charge in [-0.25, -0.2) is 4.39 Å². The first kappa shape index (κ1) is 22.6. The number of ketones is 1. The molecule has 4 rings (SSSR count). The SMILES string of the molecule is O=C(COc1ccc(Cl)c(F)c1)NC1CCC(CCC(=O)c2cc3cc(Cl)ccc3o2)C1. The van der Waals surface area contributed by atoms with E-state index in [2.05, 4.69) is 5.32 Å². The van der Waals surface area contributed by atoms with Crippen LogP contribution in [0.4, 0.5) is 4.39 Å². The van der Waals surface area contributed by atoms with E-state index in [9.17, 15) is 14.0 Å². The lowest BCUT2D eigenvalue weighted by Gasteiger charge is -2.14. The molecule has 1 saturated carbocycles. The van der Waals surface area contributed by atoms with E-state index in [0.717, 1.165) is 37.1 Å². The van der Waals surface area contributed by atoms with E-state index in [1.54, 1.807) is 24.3 Å². The molecule has 0 bridgehead atoms. The van der Waals surface area contributed by atoms with E-state index in [0.29, 0.717) is 28.7 Å². The number of fused-ring (bicyclic) bond motifs is 1. The first-order valence-electron chi connectivity index (χ1n) is 10.5. The minimum absolute atomic E-state index is 0.00185. The second-order valence-corrected chi connectivity index (χ2v) is 8.91. The van der Waals surface area contributed by atoms with E-state index in [4.69, 9.17) is 32.4 Å². The standard InChI is InChI=1S/C24H22Cl2FNO4/c25-16-3-8-22-15(10-16)11-23(32-22)21(29)7-2-14-1-4-17(9-14)28-24(30)13-31-18-5-6-19(26)20(27)12-18/h3,5-6,8,10-12,14,17H,1-2,4,7,9,13H2,(H,28,30). The van der Waals surface area contributed by atoms with Crippen molar-refractivity contribution in [3.63, 3.8) is 0 Å². The summed E-state index contributed by atoms with van der Waals surface area (Å²) in [7, 11) is 0. The molecule has 1 amide bonds. The monoisotopic (exact) mass is 477 g/mol. The Bertz CT molecular complexity index is 1150. The molecule has 0 saturated heterocycles. The lowest BCUT2D eigenvalue weighted by atomic mass is 9.99. The summed E-state index contributed by atoms with van der Waals surface area (Å²) < 4.78 is 24.4. The predicted octanol–water partition coefficient (Wildman–Crippen LogP) is 6.21. The largest absolute Gasteiger partial charge is 0.484 e.